The van der Waals surface area contributed by atoms with Crippen LogP contribution in [0.3, 0.4) is 0 Å². The highest BCUT2D eigenvalue weighted by molar-refractivity contribution is 7.82. The number of para-hydroxylation sites is 1. The first kappa shape index (κ1) is 40.1. The summed E-state index contributed by atoms with van der Waals surface area (Å²) >= 11 is -2.25. The predicted octanol–water partition coefficient (Wildman–Crippen LogP) is 7.59. The number of methoxy groups -OCH3 is 1. The van der Waals surface area contributed by atoms with E-state index >= 15 is 0 Å². The number of aromatic nitrogens is 3. The van der Waals surface area contributed by atoms with Crippen LogP contribution >= 0.6 is 0 Å². The van der Waals surface area contributed by atoms with E-state index in [0.29, 0.717) is 17.2 Å². The zero-order valence-electron chi connectivity index (χ0n) is 32.1. The monoisotopic (exact) mass is 798 g/mol. The Balaban J connectivity index is 1.37. The Morgan fingerprint density at radius 2 is 1.74 bits per heavy atom. The Morgan fingerprint density at radius 1 is 1.04 bits per heavy atom. The number of aliphatic carboxylic acids is 1. The number of fused-ring (bicyclic) bond motifs is 1. The number of H-pyrrole nitrogens is 1. The first-order valence-electron chi connectivity index (χ1n) is 18.0. The number of rotatable bonds is 13. The molecule has 6 rings (SSSR count). The standard InChI is InChI=1S/C40H42N6O10S/c1-22-13-15-30(53-21-32(47)48)31(19-22)56-57(51)44-28-20-26(14-16-29(28)52-7)36-42-37-33(39(49)54-35-24(3)17-23(2)18-25(35)4)34(41-5)38(46(37)43-36)55-40(50)45(6)27-11-9-8-10-12-27/h8-16,19-20,23-25,35,44H,17-18,21H2,1-4,6-7H3,(H,42,43)(H,47,48). The summed E-state index contributed by atoms with van der Waals surface area (Å²) in [6, 6.07) is 18.3. The van der Waals surface area contributed by atoms with E-state index in [1.807, 2.05) is 13.8 Å². The third kappa shape index (κ3) is 8.81. The summed E-state index contributed by atoms with van der Waals surface area (Å²) in [6.07, 6.45) is 0.514. The first-order chi connectivity index (χ1) is 27.3. The van der Waals surface area contributed by atoms with Crippen LogP contribution in [0.4, 0.5) is 21.9 Å². The van der Waals surface area contributed by atoms with Crippen LogP contribution in [0.25, 0.3) is 21.9 Å². The molecular weight excluding hydrogens is 757 g/mol. The molecule has 3 unspecified atom stereocenters. The summed E-state index contributed by atoms with van der Waals surface area (Å²) in [5, 5.41) is 12.1. The Kier molecular flexibility index (Phi) is 12.0. The molecule has 2 aromatic heterocycles. The molecule has 5 aromatic rings. The van der Waals surface area contributed by atoms with Crippen molar-refractivity contribution in [3.05, 3.63) is 89.3 Å². The fraction of sp³-hybridized carbons (Fsp3) is 0.325. The number of nitrogens with zero attached hydrogens (tertiary/aromatic N) is 4. The predicted molar refractivity (Wildman–Crippen MR) is 211 cm³/mol. The minimum Gasteiger partial charge on any atom is -0.495 e. The number of carboxylic acid groups (broad SMARTS) is 1. The van der Waals surface area contributed by atoms with E-state index in [0.717, 1.165) is 18.4 Å². The summed E-state index contributed by atoms with van der Waals surface area (Å²) in [5.41, 5.74) is 1.46. The molecule has 3 N–H and O–H groups in total. The van der Waals surface area contributed by atoms with Gasteiger partial charge in [-0.15, -0.1) is 0 Å². The van der Waals surface area contributed by atoms with E-state index in [2.05, 4.69) is 21.6 Å². The molecule has 0 bridgehead atoms. The highest BCUT2D eigenvalue weighted by Crippen LogP contribution is 2.42. The van der Waals surface area contributed by atoms with Crippen molar-refractivity contribution in [2.45, 2.75) is 46.6 Å². The van der Waals surface area contributed by atoms with Crippen LogP contribution in [0, 0.1) is 31.2 Å². The van der Waals surface area contributed by atoms with Crippen LogP contribution in [-0.2, 0) is 20.8 Å². The molecule has 1 aliphatic rings. The van der Waals surface area contributed by atoms with Gasteiger partial charge in [0.1, 0.15) is 17.4 Å². The molecule has 0 aliphatic heterocycles. The summed E-state index contributed by atoms with van der Waals surface area (Å²) in [6.45, 7) is 15.5. The highest BCUT2D eigenvalue weighted by Gasteiger charge is 2.37. The van der Waals surface area contributed by atoms with Crippen molar-refractivity contribution in [2.75, 3.05) is 30.4 Å². The van der Waals surface area contributed by atoms with Crippen molar-refractivity contribution in [3.8, 4) is 34.5 Å². The molecule has 2 heterocycles. The zero-order valence-corrected chi connectivity index (χ0v) is 32.9. The molecule has 1 fully saturated rings. The number of hydrogen-bond acceptors (Lipinski definition) is 10. The van der Waals surface area contributed by atoms with Crippen molar-refractivity contribution in [1.82, 2.24) is 14.6 Å². The minimum absolute atomic E-state index is 0.0128. The molecule has 1 saturated carbocycles. The number of nitrogens with one attached hydrogen (secondary N) is 2. The van der Waals surface area contributed by atoms with Gasteiger partial charge in [0, 0.05) is 18.3 Å². The lowest BCUT2D eigenvalue weighted by molar-refractivity contribution is -0.139. The average molecular weight is 799 g/mol. The van der Waals surface area contributed by atoms with E-state index in [9.17, 15) is 18.6 Å². The number of aryl methyl sites for hydroxylation is 1. The van der Waals surface area contributed by atoms with E-state index in [4.69, 9.17) is 39.8 Å². The third-order valence-electron chi connectivity index (χ3n) is 9.63. The molecule has 16 nitrogen and oxygen atoms in total. The van der Waals surface area contributed by atoms with Crippen molar-refractivity contribution in [3.63, 3.8) is 0 Å². The van der Waals surface area contributed by atoms with Crippen LogP contribution < -0.4 is 28.0 Å². The van der Waals surface area contributed by atoms with Gasteiger partial charge in [-0.3, -0.25) is 14.7 Å². The van der Waals surface area contributed by atoms with Gasteiger partial charge in [0.15, 0.2) is 29.6 Å². The normalized spacial score (nSPS) is 18.2. The molecule has 0 radical (unpaired) electrons. The lowest BCUT2D eigenvalue weighted by atomic mass is 9.75. The second-order valence-corrected chi connectivity index (χ2v) is 14.8. The number of carboxylic acids is 1. The van der Waals surface area contributed by atoms with Gasteiger partial charge in [0.25, 0.3) is 5.69 Å². The van der Waals surface area contributed by atoms with Gasteiger partial charge in [-0.2, -0.15) is 4.21 Å². The van der Waals surface area contributed by atoms with Crippen LogP contribution in [0.5, 0.6) is 23.1 Å². The lowest BCUT2D eigenvalue weighted by Gasteiger charge is -2.37. The van der Waals surface area contributed by atoms with Gasteiger partial charge in [-0.05, 0) is 85.5 Å². The second-order valence-electron chi connectivity index (χ2n) is 14.0. The molecule has 0 spiro atoms. The van der Waals surface area contributed by atoms with Crippen LogP contribution in [-0.4, -0.2) is 68.8 Å². The SMILES string of the molecule is [C-]#[N+]c1c(C(=O)OC2C(C)CC(C)CC2C)c2nc(-c3ccc(OC)c(NS(=O)Oc4cc(C)ccc4OCC(=O)O)c3)[nH]n2c1OC(=O)N(C)c1ccccc1. The van der Waals surface area contributed by atoms with E-state index in [1.54, 1.807) is 67.6 Å². The maximum atomic E-state index is 14.1. The van der Waals surface area contributed by atoms with Gasteiger partial charge in [0.2, 0.25) is 5.88 Å². The number of anilines is 2. The Labute approximate surface area is 331 Å². The van der Waals surface area contributed by atoms with Gasteiger partial charge >= 0.3 is 29.3 Å². The number of ether oxygens (including phenoxy) is 4. The third-order valence-corrected chi connectivity index (χ3v) is 10.3. The van der Waals surface area contributed by atoms with Gasteiger partial charge < -0.3 is 28.2 Å². The van der Waals surface area contributed by atoms with Crippen molar-refractivity contribution >= 4 is 52.0 Å². The molecule has 3 atom stereocenters. The Bertz CT molecular complexity index is 2360. The van der Waals surface area contributed by atoms with E-state index < -0.39 is 42.0 Å². The van der Waals surface area contributed by atoms with Crippen molar-refractivity contribution in [2.24, 2.45) is 17.8 Å². The average Bonchev–Trinajstić information content (AvgIpc) is 3.73. The first-order valence-corrected chi connectivity index (χ1v) is 19.1. The molecule has 0 saturated heterocycles. The van der Waals surface area contributed by atoms with Crippen molar-refractivity contribution in [1.29, 1.82) is 0 Å². The number of carbonyl (C=O) groups is 3. The van der Waals surface area contributed by atoms with Gasteiger partial charge in [0.05, 0.1) is 19.4 Å². The summed E-state index contributed by atoms with van der Waals surface area (Å²) in [5.74, 6) is -1.05. The molecular formula is C40H42N6O10S. The van der Waals surface area contributed by atoms with Crippen LogP contribution in [0.15, 0.2) is 66.7 Å². The molecule has 298 valence electrons. The summed E-state index contributed by atoms with van der Waals surface area (Å²) in [7, 11) is 2.94. The van der Waals surface area contributed by atoms with Crippen LogP contribution in [0.2, 0.25) is 0 Å². The van der Waals surface area contributed by atoms with E-state index in [-0.39, 0.29) is 63.4 Å². The number of aromatic amines is 1. The zero-order chi connectivity index (χ0) is 41.0. The topological polar surface area (TPSA) is 187 Å². The lowest BCUT2D eigenvalue weighted by Crippen LogP contribution is -2.37. The molecule has 1 aliphatic carbocycles. The fourth-order valence-corrected chi connectivity index (χ4v) is 7.75. The Hall–Kier alpha value is -6.54. The summed E-state index contributed by atoms with van der Waals surface area (Å²) in [4.78, 5) is 48.3. The van der Waals surface area contributed by atoms with Gasteiger partial charge in [-0.25, -0.2) is 28.7 Å². The number of hydrogen-bond donors (Lipinski definition) is 3. The maximum Gasteiger partial charge on any atom is 0.419 e. The quantitative estimate of drug-likeness (QED) is 0.0787. The largest absolute Gasteiger partial charge is 0.495 e. The molecule has 17 heteroatoms. The molecule has 57 heavy (non-hydrogen) atoms. The molecule has 3 aromatic carbocycles. The van der Waals surface area contributed by atoms with Gasteiger partial charge in [-0.1, -0.05) is 45.0 Å². The fourth-order valence-electron chi connectivity index (χ4n) is 7.07. The molecule has 1 amide bonds. The van der Waals surface area contributed by atoms with Crippen molar-refractivity contribution < 1.29 is 46.8 Å². The number of esters is 1. The number of amides is 1. The maximum absolute atomic E-state index is 14.1. The minimum atomic E-state index is -2.25. The van der Waals surface area contributed by atoms with Crippen LogP contribution in [0.1, 0.15) is 49.5 Å². The highest BCUT2D eigenvalue weighted by atomic mass is 32.2. The Morgan fingerprint density at radius 3 is 2.40 bits per heavy atom. The number of carbonyl (C=O) groups excluding carboxylic acids is 2. The second kappa shape index (κ2) is 17.1. The summed E-state index contributed by atoms with van der Waals surface area (Å²) < 4.78 is 45.7. The smallest absolute Gasteiger partial charge is 0.419 e. The number of benzene rings is 3. The van der Waals surface area contributed by atoms with E-state index in [1.165, 1.54) is 29.6 Å².